The van der Waals surface area contributed by atoms with Crippen molar-refractivity contribution in [3.05, 3.63) is 23.7 Å². The van der Waals surface area contributed by atoms with Crippen LogP contribution in [0.5, 0.6) is 0 Å². The second-order valence-corrected chi connectivity index (χ2v) is 5.30. The fourth-order valence-electron chi connectivity index (χ4n) is 3.34. The molecule has 1 aromatic rings. The number of rotatable bonds is 1. The Morgan fingerprint density at radius 1 is 1.40 bits per heavy atom. The molecule has 0 saturated heterocycles. The molecule has 2 nitrogen and oxygen atoms in total. The first-order valence-corrected chi connectivity index (χ1v) is 6.09. The maximum absolute atomic E-state index is 5.55. The summed E-state index contributed by atoms with van der Waals surface area (Å²) < 4.78 is 5.55. The molecule has 2 heterocycles. The molecule has 1 unspecified atom stereocenters. The van der Waals surface area contributed by atoms with E-state index in [1.54, 1.807) is 0 Å². The van der Waals surface area contributed by atoms with Gasteiger partial charge in [0.1, 0.15) is 5.76 Å². The Hall–Kier alpha value is -0.760. The minimum Gasteiger partial charge on any atom is -0.469 e. The van der Waals surface area contributed by atoms with Gasteiger partial charge in [-0.15, -0.1) is 0 Å². The number of furan rings is 1. The maximum Gasteiger partial charge on any atom is 0.109 e. The van der Waals surface area contributed by atoms with E-state index in [-0.39, 0.29) is 0 Å². The van der Waals surface area contributed by atoms with E-state index in [1.807, 2.05) is 6.26 Å². The normalized spacial score (nSPS) is 29.0. The molecule has 2 heteroatoms. The third kappa shape index (κ3) is 1.43. The van der Waals surface area contributed by atoms with Crippen LogP contribution in [0, 0.1) is 5.41 Å². The predicted octanol–water partition coefficient (Wildman–Crippen LogP) is 3.05. The molecule has 0 bridgehead atoms. The van der Waals surface area contributed by atoms with Crippen molar-refractivity contribution in [3.63, 3.8) is 0 Å². The van der Waals surface area contributed by atoms with Crippen molar-refractivity contribution in [2.24, 2.45) is 5.41 Å². The molecule has 1 fully saturated rings. The van der Waals surface area contributed by atoms with Crippen LogP contribution in [0.25, 0.3) is 0 Å². The molecule has 0 radical (unpaired) electrons. The summed E-state index contributed by atoms with van der Waals surface area (Å²) in [6.07, 6.45) is 8.40. The molecule has 15 heavy (non-hydrogen) atoms. The third-order valence-corrected chi connectivity index (χ3v) is 4.23. The first kappa shape index (κ1) is 9.46. The highest BCUT2D eigenvalue weighted by Gasteiger charge is 2.40. The Kier molecular flexibility index (Phi) is 2.13. The summed E-state index contributed by atoms with van der Waals surface area (Å²) in [5.41, 5.74) is 1.88. The minimum absolute atomic E-state index is 0.457. The monoisotopic (exact) mass is 205 g/mol. The molecule has 1 aliphatic carbocycles. The van der Waals surface area contributed by atoms with Gasteiger partial charge in [0.25, 0.3) is 0 Å². The van der Waals surface area contributed by atoms with Gasteiger partial charge in [-0.25, -0.2) is 0 Å². The van der Waals surface area contributed by atoms with Gasteiger partial charge >= 0.3 is 0 Å². The molecule has 1 saturated carbocycles. The zero-order valence-electron chi connectivity index (χ0n) is 9.38. The molecule has 2 aliphatic rings. The van der Waals surface area contributed by atoms with Gasteiger partial charge in [-0.05, 0) is 24.3 Å². The number of hydrogen-bond acceptors (Lipinski definition) is 2. The average Bonchev–Trinajstić information content (AvgIpc) is 2.85. The van der Waals surface area contributed by atoms with Crippen LogP contribution >= 0.6 is 0 Å². The van der Waals surface area contributed by atoms with Gasteiger partial charge in [0.15, 0.2) is 0 Å². The van der Waals surface area contributed by atoms with E-state index in [0.29, 0.717) is 11.5 Å². The zero-order valence-corrected chi connectivity index (χ0v) is 9.38. The van der Waals surface area contributed by atoms with Gasteiger partial charge in [0.2, 0.25) is 0 Å². The summed E-state index contributed by atoms with van der Waals surface area (Å²) in [6, 6.07) is 2.69. The minimum atomic E-state index is 0.457. The molecular weight excluding hydrogens is 186 g/mol. The van der Waals surface area contributed by atoms with Crippen LogP contribution < -0.4 is 5.32 Å². The van der Waals surface area contributed by atoms with Gasteiger partial charge in [0, 0.05) is 24.6 Å². The Morgan fingerprint density at radius 3 is 3.00 bits per heavy atom. The molecular formula is C13H19NO. The van der Waals surface area contributed by atoms with Crippen molar-refractivity contribution >= 4 is 0 Å². The number of hydrogen-bond donors (Lipinski definition) is 1. The zero-order chi connectivity index (χ0) is 10.3. The molecule has 1 N–H and O–H groups in total. The molecule has 0 amide bonds. The second-order valence-electron chi connectivity index (χ2n) is 5.30. The van der Waals surface area contributed by atoms with Crippen molar-refractivity contribution in [2.75, 3.05) is 6.54 Å². The van der Waals surface area contributed by atoms with Crippen LogP contribution in [0.3, 0.4) is 0 Å². The highest BCUT2D eigenvalue weighted by molar-refractivity contribution is 5.27. The van der Waals surface area contributed by atoms with Crippen LogP contribution in [0.2, 0.25) is 0 Å². The van der Waals surface area contributed by atoms with E-state index in [0.717, 1.165) is 13.0 Å². The highest BCUT2D eigenvalue weighted by Crippen LogP contribution is 2.48. The van der Waals surface area contributed by atoms with E-state index >= 15 is 0 Å². The predicted molar refractivity (Wildman–Crippen MR) is 59.7 cm³/mol. The quantitative estimate of drug-likeness (QED) is 0.762. The van der Waals surface area contributed by atoms with Gasteiger partial charge in [-0.3, -0.25) is 0 Å². The Morgan fingerprint density at radius 2 is 2.20 bits per heavy atom. The smallest absolute Gasteiger partial charge is 0.109 e. The van der Waals surface area contributed by atoms with E-state index in [2.05, 4.69) is 18.3 Å². The van der Waals surface area contributed by atoms with E-state index in [1.165, 1.54) is 37.0 Å². The summed E-state index contributed by atoms with van der Waals surface area (Å²) in [6.45, 7) is 3.50. The fourth-order valence-corrected chi connectivity index (χ4v) is 3.34. The lowest BCUT2D eigenvalue weighted by Gasteiger charge is -2.37. The number of nitrogens with one attached hydrogen (secondary N) is 1. The van der Waals surface area contributed by atoms with Crippen LogP contribution in [-0.4, -0.2) is 6.54 Å². The SMILES string of the molecule is CC1(C2NCCc3occc32)CCCC1. The summed E-state index contributed by atoms with van der Waals surface area (Å²) in [7, 11) is 0. The Bertz CT molecular complexity index is 349. The second kappa shape index (κ2) is 3.38. The van der Waals surface area contributed by atoms with E-state index in [9.17, 15) is 0 Å². The molecule has 1 aromatic heterocycles. The van der Waals surface area contributed by atoms with E-state index < -0.39 is 0 Å². The van der Waals surface area contributed by atoms with E-state index in [4.69, 9.17) is 4.42 Å². The number of fused-ring (bicyclic) bond motifs is 1. The molecule has 1 atom stereocenters. The Labute approximate surface area is 91.0 Å². The lowest BCUT2D eigenvalue weighted by Crippen LogP contribution is -2.38. The molecule has 0 aromatic carbocycles. The van der Waals surface area contributed by atoms with Crippen LogP contribution in [-0.2, 0) is 6.42 Å². The largest absolute Gasteiger partial charge is 0.469 e. The summed E-state index contributed by atoms with van der Waals surface area (Å²) in [4.78, 5) is 0. The third-order valence-electron chi connectivity index (χ3n) is 4.23. The topological polar surface area (TPSA) is 25.2 Å². The fraction of sp³-hybridized carbons (Fsp3) is 0.692. The van der Waals surface area contributed by atoms with Crippen LogP contribution in [0.15, 0.2) is 16.7 Å². The van der Waals surface area contributed by atoms with Crippen LogP contribution in [0.4, 0.5) is 0 Å². The Balaban J connectivity index is 1.95. The first-order chi connectivity index (χ1) is 7.30. The van der Waals surface area contributed by atoms with Crippen molar-refractivity contribution in [3.8, 4) is 0 Å². The molecule has 1 aliphatic heterocycles. The highest BCUT2D eigenvalue weighted by atomic mass is 16.3. The molecule has 0 spiro atoms. The van der Waals surface area contributed by atoms with Gasteiger partial charge in [0.05, 0.1) is 6.26 Å². The lowest BCUT2D eigenvalue weighted by molar-refractivity contribution is 0.211. The van der Waals surface area contributed by atoms with Crippen molar-refractivity contribution < 1.29 is 4.42 Å². The first-order valence-electron chi connectivity index (χ1n) is 6.09. The summed E-state index contributed by atoms with van der Waals surface area (Å²) in [5.74, 6) is 1.21. The summed E-state index contributed by atoms with van der Waals surface area (Å²) >= 11 is 0. The van der Waals surface area contributed by atoms with Crippen LogP contribution in [0.1, 0.15) is 50.0 Å². The van der Waals surface area contributed by atoms with Crippen molar-refractivity contribution in [1.29, 1.82) is 0 Å². The van der Waals surface area contributed by atoms with Gasteiger partial charge in [-0.2, -0.15) is 0 Å². The van der Waals surface area contributed by atoms with Gasteiger partial charge < -0.3 is 9.73 Å². The molecule has 82 valence electrons. The molecule has 3 rings (SSSR count). The maximum atomic E-state index is 5.55. The van der Waals surface area contributed by atoms with Crippen molar-refractivity contribution in [2.45, 2.75) is 45.1 Å². The van der Waals surface area contributed by atoms with Crippen molar-refractivity contribution in [1.82, 2.24) is 5.32 Å². The average molecular weight is 205 g/mol. The standard InChI is InChI=1S/C13H19NO/c1-13(6-2-3-7-13)12-10-5-9-15-11(10)4-8-14-12/h5,9,12,14H,2-4,6-8H2,1H3. The van der Waals surface area contributed by atoms with Gasteiger partial charge in [-0.1, -0.05) is 19.8 Å². The summed E-state index contributed by atoms with van der Waals surface area (Å²) in [5, 5.41) is 3.68. The lowest BCUT2D eigenvalue weighted by atomic mass is 9.76.